The van der Waals surface area contributed by atoms with Crippen LogP contribution in [0.15, 0.2) is 176 Å². The highest BCUT2D eigenvalue weighted by atomic mass is 32.1. The summed E-state index contributed by atoms with van der Waals surface area (Å²) in [6.45, 7) is 0. The van der Waals surface area contributed by atoms with E-state index in [1.807, 2.05) is 29.5 Å². The molecule has 0 unspecified atom stereocenters. The first-order chi connectivity index (χ1) is 26.2. The van der Waals surface area contributed by atoms with Gasteiger partial charge in [-0.15, -0.1) is 11.3 Å². The summed E-state index contributed by atoms with van der Waals surface area (Å²) in [6.07, 6.45) is 0. The lowest BCUT2D eigenvalue weighted by molar-refractivity contribution is 1.36. The lowest BCUT2D eigenvalue weighted by Crippen LogP contribution is -1.91. The summed E-state index contributed by atoms with van der Waals surface area (Å²) in [5.41, 5.74) is 11.4. The van der Waals surface area contributed by atoms with E-state index in [1.54, 1.807) is 0 Å². The van der Waals surface area contributed by atoms with E-state index in [0.717, 1.165) is 61.1 Å². The molecule has 0 saturated heterocycles. The Morgan fingerprint density at radius 2 is 0.906 bits per heavy atom. The predicted octanol–water partition coefficient (Wildman–Crippen LogP) is 13.5. The van der Waals surface area contributed by atoms with Gasteiger partial charge in [-0.1, -0.05) is 140 Å². The van der Waals surface area contributed by atoms with Gasteiger partial charge in [0.1, 0.15) is 0 Å². The van der Waals surface area contributed by atoms with Crippen molar-refractivity contribution in [1.29, 1.82) is 0 Å². The molecule has 4 aromatic heterocycles. The predicted molar refractivity (Wildman–Crippen MR) is 224 cm³/mol. The highest BCUT2D eigenvalue weighted by Crippen LogP contribution is 2.44. The van der Waals surface area contributed by atoms with Gasteiger partial charge in [-0.25, -0.2) is 15.0 Å². The number of pyridine rings is 3. The normalized spacial score (nSPS) is 11.8. The summed E-state index contributed by atoms with van der Waals surface area (Å²) in [6, 6.07) is 62.5. The van der Waals surface area contributed by atoms with Crippen LogP contribution in [0.25, 0.3) is 109 Å². The summed E-state index contributed by atoms with van der Waals surface area (Å²) < 4.78 is 2.57. The van der Waals surface area contributed by atoms with Gasteiger partial charge < -0.3 is 0 Å². The SMILES string of the molecule is c1ccc(-c2ccc3ccc4ccc(-c5ccc(-c6ccc7sc8ccc9c(-c%10ccccc%10)nc%10ccccc%10c9c8c7c6)cc5)nc4c3n2)cc1. The number of benzene rings is 7. The summed E-state index contributed by atoms with van der Waals surface area (Å²) in [4.78, 5) is 15.5. The van der Waals surface area contributed by atoms with Crippen molar-refractivity contribution in [2.24, 2.45) is 0 Å². The lowest BCUT2D eigenvalue weighted by atomic mass is 9.95. The second kappa shape index (κ2) is 11.9. The maximum atomic E-state index is 5.20. The Bertz CT molecular complexity index is 3200. The largest absolute Gasteiger partial charge is 0.247 e. The molecule has 7 aromatic carbocycles. The lowest BCUT2D eigenvalue weighted by Gasteiger charge is -2.12. The van der Waals surface area contributed by atoms with Crippen LogP contribution in [0.2, 0.25) is 0 Å². The highest BCUT2D eigenvalue weighted by molar-refractivity contribution is 7.26. The van der Waals surface area contributed by atoms with E-state index in [4.69, 9.17) is 15.0 Å². The molecule has 0 aliphatic rings. The number of aromatic nitrogens is 3. The van der Waals surface area contributed by atoms with E-state index in [2.05, 4.69) is 158 Å². The van der Waals surface area contributed by atoms with Crippen molar-refractivity contribution in [3.8, 4) is 44.9 Å². The Hall–Kier alpha value is -6.75. The summed E-state index contributed by atoms with van der Waals surface area (Å²) in [5, 5.41) is 8.38. The molecule has 246 valence electrons. The quantitative estimate of drug-likeness (QED) is 0.172. The number of nitrogens with zero attached hydrogens (tertiary/aromatic N) is 3. The molecule has 0 amide bonds. The van der Waals surface area contributed by atoms with Gasteiger partial charge in [0.25, 0.3) is 0 Å². The molecule has 0 N–H and O–H groups in total. The zero-order valence-electron chi connectivity index (χ0n) is 28.5. The zero-order chi connectivity index (χ0) is 34.9. The fourth-order valence-electron chi connectivity index (χ4n) is 7.84. The smallest absolute Gasteiger partial charge is 0.0972 e. The van der Waals surface area contributed by atoms with Crippen LogP contribution in [-0.4, -0.2) is 15.0 Å². The first kappa shape index (κ1) is 29.9. The molecular formula is C49H29N3S. The number of fused-ring (bicyclic) bond motifs is 10. The Balaban J connectivity index is 1.03. The standard InChI is InChI=1S/C49H29N3S/c1-3-9-31(10-4-1)40-25-21-34-19-20-35-22-26-41(51-49(35)48(34)50-40)32-17-15-30(16-18-32)36-23-27-43-39(29-36)46-44(53-43)28-24-38-45(46)37-13-7-8-14-42(37)52-47(38)33-11-5-2-6-12-33/h1-29H. The minimum atomic E-state index is 0.919. The van der Waals surface area contributed by atoms with Gasteiger partial charge in [0.15, 0.2) is 0 Å². The molecule has 0 spiro atoms. The Kier molecular flexibility index (Phi) is 6.73. The van der Waals surface area contributed by atoms with Crippen molar-refractivity contribution in [3.63, 3.8) is 0 Å². The van der Waals surface area contributed by atoms with Crippen LogP contribution >= 0.6 is 11.3 Å². The maximum Gasteiger partial charge on any atom is 0.0972 e. The maximum absolute atomic E-state index is 5.20. The summed E-state index contributed by atoms with van der Waals surface area (Å²) >= 11 is 1.86. The minimum absolute atomic E-state index is 0.919. The van der Waals surface area contributed by atoms with Crippen LogP contribution in [0.4, 0.5) is 0 Å². The van der Waals surface area contributed by atoms with Crippen LogP contribution < -0.4 is 0 Å². The Morgan fingerprint density at radius 1 is 0.340 bits per heavy atom. The topological polar surface area (TPSA) is 38.7 Å². The minimum Gasteiger partial charge on any atom is -0.247 e. The fraction of sp³-hybridized carbons (Fsp3) is 0. The van der Waals surface area contributed by atoms with Gasteiger partial charge in [0.05, 0.1) is 33.6 Å². The second-order valence-electron chi connectivity index (χ2n) is 13.6. The van der Waals surface area contributed by atoms with E-state index in [1.165, 1.54) is 47.5 Å². The first-order valence-electron chi connectivity index (χ1n) is 17.9. The molecule has 0 saturated carbocycles. The van der Waals surface area contributed by atoms with E-state index in [0.29, 0.717) is 0 Å². The molecule has 11 aromatic rings. The van der Waals surface area contributed by atoms with Crippen LogP contribution in [0, 0.1) is 0 Å². The molecule has 4 heterocycles. The van der Waals surface area contributed by atoms with Gasteiger partial charge in [-0.2, -0.15) is 0 Å². The van der Waals surface area contributed by atoms with Gasteiger partial charge in [-0.3, -0.25) is 0 Å². The summed E-state index contributed by atoms with van der Waals surface area (Å²) in [5.74, 6) is 0. The molecular weight excluding hydrogens is 663 g/mol. The molecule has 11 rings (SSSR count). The number of para-hydroxylation sites is 1. The van der Waals surface area contributed by atoms with Crippen molar-refractivity contribution in [3.05, 3.63) is 176 Å². The molecule has 4 heteroatoms. The molecule has 0 fully saturated rings. The van der Waals surface area contributed by atoms with E-state index >= 15 is 0 Å². The molecule has 53 heavy (non-hydrogen) atoms. The number of thiophene rings is 1. The van der Waals surface area contributed by atoms with E-state index in [9.17, 15) is 0 Å². The van der Waals surface area contributed by atoms with Crippen LogP contribution in [-0.2, 0) is 0 Å². The Labute approximate surface area is 309 Å². The second-order valence-corrected chi connectivity index (χ2v) is 14.6. The van der Waals surface area contributed by atoms with Crippen molar-refractivity contribution in [1.82, 2.24) is 15.0 Å². The van der Waals surface area contributed by atoms with Crippen LogP contribution in [0.3, 0.4) is 0 Å². The third kappa shape index (κ3) is 4.91. The van der Waals surface area contributed by atoms with E-state index < -0.39 is 0 Å². The van der Waals surface area contributed by atoms with E-state index in [-0.39, 0.29) is 0 Å². The number of rotatable bonds is 4. The highest BCUT2D eigenvalue weighted by Gasteiger charge is 2.17. The van der Waals surface area contributed by atoms with Crippen molar-refractivity contribution < 1.29 is 0 Å². The van der Waals surface area contributed by atoms with Gasteiger partial charge in [0, 0.05) is 63.8 Å². The van der Waals surface area contributed by atoms with Gasteiger partial charge >= 0.3 is 0 Å². The van der Waals surface area contributed by atoms with Crippen LogP contribution in [0.5, 0.6) is 0 Å². The monoisotopic (exact) mass is 691 g/mol. The third-order valence-electron chi connectivity index (χ3n) is 10.4. The fourth-order valence-corrected chi connectivity index (χ4v) is 8.93. The Morgan fingerprint density at radius 3 is 1.62 bits per heavy atom. The molecule has 0 radical (unpaired) electrons. The molecule has 0 atom stereocenters. The number of hydrogen-bond acceptors (Lipinski definition) is 4. The first-order valence-corrected chi connectivity index (χ1v) is 18.7. The molecule has 0 bridgehead atoms. The average molecular weight is 692 g/mol. The molecule has 3 nitrogen and oxygen atoms in total. The third-order valence-corrected chi connectivity index (χ3v) is 11.6. The van der Waals surface area contributed by atoms with Crippen LogP contribution in [0.1, 0.15) is 0 Å². The molecule has 0 aliphatic heterocycles. The van der Waals surface area contributed by atoms with Crippen molar-refractivity contribution in [2.75, 3.05) is 0 Å². The average Bonchev–Trinajstić information content (AvgIpc) is 3.62. The van der Waals surface area contributed by atoms with Gasteiger partial charge in [-0.05, 0) is 47.5 Å². The van der Waals surface area contributed by atoms with Crippen molar-refractivity contribution in [2.45, 2.75) is 0 Å². The summed E-state index contributed by atoms with van der Waals surface area (Å²) in [7, 11) is 0. The van der Waals surface area contributed by atoms with Crippen molar-refractivity contribution >= 4 is 75.0 Å². The zero-order valence-corrected chi connectivity index (χ0v) is 29.3. The van der Waals surface area contributed by atoms with Gasteiger partial charge in [0.2, 0.25) is 0 Å². The number of hydrogen-bond donors (Lipinski definition) is 0. The molecule has 0 aliphatic carbocycles.